The first-order valence-electron chi connectivity index (χ1n) is 6.86. The van der Waals surface area contributed by atoms with E-state index in [1.807, 2.05) is 0 Å². The van der Waals surface area contributed by atoms with E-state index in [1.165, 1.54) is 42.5 Å². The van der Waals surface area contributed by atoms with E-state index >= 15 is 0 Å². The summed E-state index contributed by atoms with van der Waals surface area (Å²) in [4.78, 5) is 0. The Labute approximate surface area is 115 Å². The maximum atomic E-state index is 5.42. The third-order valence-electron chi connectivity index (χ3n) is 3.67. The monoisotopic (exact) mass is 262 g/mol. The second-order valence-corrected chi connectivity index (χ2v) is 5.45. The molecule has 0 unspecified atom stereocenters. The summed E-state index contributed by atoms with van der Waals surface area (Å²) < 4.78 is 0. The predicted molar refractivity (Wildman–Crippen MR) is 82.2 cm³/mol. The molecular formula is C15H22N2S. The minimum absolute atomic E-state index is 0.569. The highest BCUT2D eigenvalue weighted by molar-refractivity contribution is 7.80. The van der Waals surface area contributed by atoms with Crippen LogP contribution in [0.2, 0.25) is 0 Å². The summed E-state index contributed by atoms with van der Waals surface area (Å²) in [6.07, 6.45) is 6.16. The van der Waals surface area contributed by atoms with Gasteiger partial charge in [0.25, 0.3) is 0 Å². The van der Waals surface area contributed by atoms with Crippen molar-refractivity contribution in [1.29, 1.82) is 0 Å². The number of hydrogen-bond acceptors (Lipinski definition) is 1. The summed E-state index contributed by atoms with van der Waals surface area (Å²) in [6, 6.07) is 6.96. The Morgan fingerprint density at radius 3 is 2.72 bits per heavy atom. The zero-order valence-corrected chi connectivity index (χ0v) is 12.1. The van der Waals surface area contributed by atoms with Gasteiger partial charge in [-0.2, -0.15) is 0 Å². The highest BCUT2D eigenvalue weighted by atomic mass is 32.1. The second-order valence-electron chi connectivity index (χ2n) is 5.04. The Bertz CT molecular complexity index is 423. The lowest BCUT2D eigenvalue weighted by Crippen LogP contribution is -2.36. The van der Waals surface area contributed by atoms with Gasteiger partial charge in [-0.05, 0) is 49.5 Å². The first-order valence-corrected chi connectivity index (χ1v) is 7.27. The van der Waals surface area contributed by atoms with Crippen LogP contribution >= 0.6 is 12.2 Å². The lowest BCUT2D eigenvalue weighted by molar-refractivity contribution is 0.634. The molecule has 3 heteroatoms. The van der Waals surface area contributed by atoms with Gasteiger partial charge in [-0.15, -0.1) is 0 Å². The third-order valence-corrected chi connectivity index (χ3v) is 3.89. The van der Waals surface area contributed by atoms with Crippen LogP contribution in [0.4, 0.5) is 5.69 Å². The summed E-state index contributed by atoms with van der Waals surface area (Å²) in [5, 5.41) is 7.57. The molecule has 1 saturated carbocycles. The fraction of sp³-hybridized carbons (Fsp3) is 0.533. The highest BCUT2D eigenvalue weighted by Crippen LogP contribution is 2.22. The normalized spacial score (nSPS) is 15.7. The average Bonchev–Trinajstić information content (AvgIpc) is 2.84. The molecule has 0 heterocycles. The van der Waals surface area contributed by atoms with Gasteiger partial charge in [-0.25, -0.2) is 0 Å². The van der Waals surface area contributed by atoms with Crippen LogP contribution in [0.3, 0.4) is 0 Å². The topological polar surface area (TPSA) is 24.1 Å². The molecule has 1 aromatic carbocycles. The van der Waals surface area contributed by atoms with Crippen molar-refractivity contribution in [3.8, 4) is 0 Å². The predicted octanol–water partition coefficient (Wildman–Crippen LogP) is 3.79. The SMILES string of the molecule is CCc1cccc(C)c1NC(=S)NC1CCCC1. The molecule has 98 valence electrons. The van der Waals surface area contributed by atoms with E-state index in [0.29, 0.717) is 6.04 Å². The maximum Gasteiger partial charge on any atom is 0.171 e. The van der Waals surface area contributed by atoms with Crippen LogP contribution in [-0.2, 0) is 6.42 Å². The van der Waals surface area contributed by atoms with E-state index in [1.54, 1.807) is 0 Å². The van der Waals surface area contributed by atoms with Gasteiger partial charge in [-0.3, -0.25) is 0 Å². The number of nitrogens with one attached hydrogen (secondary N) is 2. The van der Waals surface area contributed by atoms with Crippen molar-refractivity contribution < 1.29 is 0 Å². The number of benzene rings is 1. The van der Waals surface area contributed by atoms with Crippen LogP contribution in [0.15, 0.2) is 18.2 Å². The Morgan fingerprint density at radius 1 is 1.33 bits per heavy atom. The van der Waals surface area contributed by atoms with E-state index < -0.39 is 0 Å². The van der Waals surface area contributed by atoms with Crippen molar-refractivity contribution in [2.75, 3.05) is 5.32 Å². The largest absolute Gasteiger partial charge is 0.360 e. The molecule has 0 aliphatic heterocycles. The molecule has 1 aliphatic rings. The van der Waals surface area contributed by atoms with Gasteiger partial charge in [0.15, 0.2) is 5.11 Å². The summed E-state index contributed by atoms with van der Waals surface area (Å²) >= 11 is 5.42. The van der Waals surface area contributed by atoms with Crippen LogP contribution in [0, 0.1) is 6.92 Å². The Balaban J connectivity index is 2.01. The molecule has 0 saturated heterocycles. The number of hydrogen-bond donors (Lipinski definition) is 2. The lowest BCUT2D eigenvalue weighted by atomic mass is 10.1. The van der Waals surface area contributed by atoms with Crippen LogP contribution in [0.1, 0.15) is 43.7 Å². The van der Waals surface area contributed by atoms with E-state index in [4.69, 9.17) is 12.2 Å². The zero-order valence-electron chi connectivity index (χ0n) is 11.3. The van der Waals surface area contributed by atoms with Gasteiger partial charge in [0.05, 0.1) is 0 Å². The smallest absolute Gasteiger partial charge is 0.171 e. The van der Waals surface area contributed by atoms with Crippen LogP contribution in [0.25, 0.3) is 0 Å². The lowest BCUT2D eigenvalue weighted by Gasteiger charge is -2.18. The fourth-order valence-corrected chi connectivity index (χ4v) is 2.88. The molecular weight excluding hydrogens is 240 g/mol. The van der Waals surface area contributed by atoms with Gasteiger partial charge in [0.2, 0.25) is 0 Å². The summed E-state index contributed by atoms with van der Waals surface area (Å²) in [7, 11) is 0. The van der Waals surface area contributed by atoms with Crippen molar-refractivity contribution in [1.82, 2.24) is 5.32 Å². The molecule has 0 radical (unpaired) electrons. The summed E-state index contributed by atoms with van der Waals surface area (Å²) in [5.41, 5.74) is 3.76. The van der Waals surface area contributed by atoms with Crippen LogP contribution < -0.4 is 10.6 Å². The summed E-state index contributed by atoms with van der Waals surface area (Å²) in [5.74, 6) is 0. The average molecular weight is 262 g/mol. The van der Waals surface area contributed by atoms with Crippen molar-refractivity contribution in [2.24, 2.45) is 0 Å². The molecule has 0 aromatic heterocycles. The molecule has 0 amide bonds. The maximum absolute atomic E-state index is 5.42. The Hall–Kier alpha value is -1.09. The molecule has 1 fully saturated rings. The first kappa shape index (κ1) is 13.3. The number of anilines is 1. The third kappa shape index (κ3) is 3.22. The van der Waals surface area contributed by atoms with Crippen LogP contribution in [-0.4, -0.2) is 11.2 Å². The van der Waals surface area contributed by atoms with Crippen molar-refractivity contribution in [3.05, 3.63) is 29.3 Å². The molecule has 2 nitrogen and oxygen atoms in total. The minimum Gasteiger partial charge on any atom is -0.360 e. The Kier molecular flexibility index (Phi) is 4.59. The van der Waals surface area contributed by atoms with Gasteiger partial charge >= 0.3 is 0 Å². The minimum atomic E-state index is 0.569. The number of para-hydroxylation sites is 1. The molecule has 2 N–H and O–H groups in total. The zero-order chi connectivity index (χ0) is 13.0. The quantitative estimate of drug-likeness (QED) is 0.811. The van der Waals surface area contributed by atoms with Gasteiger partial charge in [-0.1, -0.05) is 38.0 Å². The van der Waals surface area contributed by atoms with Gasteiger partial charge < -0.3 is 10.6 Å². The van der Waals surface area contributed by atoms with Gasteiger partial charge in [0, 0.05) is 11.7 Å². The second kappa shape index (κ2) is 6.19. The molecule has 18 heavy (non-hydrogen) atoms. The first-order chi connectivity index (χ1) is 8.70. The van der Waals surface area contributed by atoms with E-state index in [9.17, 15) is 0 Å². The Morgan fingerprint density at radius 2 is 2.06 bits per heavy atom. The standard InChI is InChI=1S/C15H22N2S/c1-3-12-8-6-7-11(2)14(12)17-15(18)16-13-9-4-5-10-13/h6-8,13H,3-5,9-10H2,1-2H3,(H2,16,17,18). The fourth-order valence-electron chi connectivity index (χ4n) is 2.61. The molecule has 1 aromatic rings. The van der Waals surface area contributed by atoms with E-state index in [0.717, 1.165) is 11.5 Å². The van der Waals surface area contributed by atoms with Crippen LogP contribution in [0.5, 0.6) is 0 Å². The van der Waals surface area contributed by atoms with Crippen molar-refractivity contribution in [3.63, 3.8) is 0 Å². The van der Waals surface area contributed by atoms with E-state index in [2.05, 4.69) is 42.7 Å². The van der Waals surface area contributed by atoms with E-state index in [-0.39, 0.29) is 0 Å². The van der Waals surface area contributed by atoms with Crippen molar-refractivity contribution >= 4 is 23.0 Å². The molecule has 0 atom stereocenters. The number of aryl methyl sites for hydroxylation is 2. The molecule has 2 rings (SSSR count). The molecule has 0 bridgehead atoms. The molecule has 0 spiro atoms. The summed E-state index contributed by atoms with van der Waals surface area (Å²) in [6.45, 7) is 4.30. The molecule has 1 aliphatic carbocycles. The number of thiocarbonyl (C=S) groups is 1. The number of rotatable bonds is 3. The highest BCUT2D eigenvalue weighted by Gasteiger charge is 2.16. The van der Waals surface area contributed by atoms with Gasteiger partial charge in [0.1, 0.15) is 0 Å². The van der Waals surface area contributed by atoms with Crippen molar-refractivity contribution in [2.45, 2.75) is 52.0 Å².